The lowest BCUT2D eigenvalue weighted by Gasteiger charge is -2.36. The summed E-state index contributed by atoms with van der Waals surface area (Å²) in [6, 6.07) is 17.4. The van der Waals surface area contributed by atoms with Gasteiger partial charge in [0.15, 0.2) is 0 Å². The number of hydrogen-bond donors (Lipinski definition) is 1. The number of piperazine rings is 1. The lowest BCUT2D eigenvalue weighted by molar-refractivity contribution is -0.122. The monoisotopic (exact) mass is 444 g/mol. The van der Waals surface area contributed by atoms with Crippen LogP contribution in [0.15, 0.2) is 54.6 Å². The van der Waals surface area contributed by atoms with E-state index in [4.69, 9.17) is 4.74 Å². The molecule has 1 saturated carbocycles. The Kier molecular flexibility index (Phi) is 5.86. The zero-order valence-corrected chi connectivity index (χ0v) is 18.8. The number of nitrogens with one attached hydrogen (secondary N) is 1. The molecule has 2 aromatic carbocycles. The lowest BCUT2D eigenvalue weighted by atomic mass is 9.85. The van der Waals surface area contributed by atoms with Gasteiger partial charge >= 0.3 is 0 Å². The molecule has 0 unspecified atom stereocenters. The van der Waals surface area contributed by atoms with Gasteiger partial charge in [-0.2, -0.15) is 0 Å². The summed E-state index contributed by atoms with van der Waals surface area (Å²) < 4.78 is 5.49. The van der Waals surface area contributed by atoms with Crippen molar-refractivity contribution in [2.75, 3.05) is 43.5 Å². The molecule has 7 nitrogen and oxygen atoms in total. The first-order valence-corrected chi connectivity index (χ1v) is 11.5. The molecule has 0 radical (unpaired) electrons. The Bertz CT molecular complexity index is 1170. The van der Waals surface area contributed by atoms with Gasteiger partial charge in [-0.25, -0.2) is 4.98 Å². The molecule has 1 saturated heterocycles. The predicted octanol–water partition coefficient (Wildman–Crippen LogP) is 3.94. The van der Waals surface area contributed by atoms with Crippen molar-refractivity contribution >= 4 is 34.1 Å². The minimum Gasteiger partial charge on any atom is -0.496 e. The van der Waals surface area contributed by atoms with Crippen LogP contribution in [-0.2, 0) is 4.79 Å². The molecule has 7 heteroatoms. The summed E-state index contributed by atoms with van der Waals surface area (Å²) in [4.78, 5) is 34.0. The number of amides is 2. The summed E-state index contributed by atoms with van der Waals surface area (Å²) in [5, 5.41) is 3.91. The Morgan fingerprint density at radius 2 is 1.73 bits per heavy atom. The zero-order valence-electron chi connectivity index (χ0n) is 18.8. The molecule has 2 aliphatic rings. The third kappa shape index (κ3) is 4.35. The first kappa shape index (κ1) is 21.2. The summed E-state index contributed by atoms with van der Waals surface area (Å²) in [6.45, 7) is 2.72. The van der Waals surface area contributed by atoms with E-state index in [-0.39, 0.29) is 17.7 Å². The molecule has 5 rings (SSSR count). The zero-order chi connectivity index (χ0) is 22.8. The smallest absolute Gasteiger partial charge is 0.272 e. The number of pyridine rings is 1. The molecule has 1 N–H and O–H groups in total. The minimum atomic E-state index is -0.0762. The number of para-hydroxylation sites is 1. The van der Waals surface area contributed by atoms with Gasteiger partial charge in [-0.3, -0.25) is 9.59 Å². The summed E-state index contributed by atoms with van der Waals surface area (Å²) in [6.07, 6.45) is 3.14. The first-order chi connectivity index (χ1) is 16.1. The van der Waals surface area contributed by atoms with Gasteiger partial charge in [-0.05, 0) is 49.2 Å². The third-order valence-corrected chi connectivity index (χ3v) is 6.66. The van der Waals surface area contributed by atoms with E-state index in [1.54, 1.807) is 13.2 Å². The third-order valence-electron chi connectivity index (χ3n) is 6.66. The molecule has 3 aromatic rings. The van der Waals surface area contributed by atoms with Gasteiger partial charge in [0.1, 0.15) is 11.4 Å². The summed E-state index contributed by atoms with van der Waals surface area (Å²) >= 11 is 0. The van der Waals surface area contributed by atoms with E-state index in [0.29, 0.717) is 24.5 Å². The highest BCUT2D eigenvalue weighted by Crippen LogP contribution is 2.29. The molecular weight excluding hydrogens is 416 g/mol. The van der Waals surface area contributed by atoms with Crippen LogP contribution in [-0.4, -0.2) is 55.0 Å². The summed E-state index contributed by atoms with van der Waals surface area (Å²) in [5.74, 6) is 0.882. The van der Waals surface area contributed by atoms with Crippen LogP contribution in [0.2, 0.25) is 0 Å². The molecular formula is C26H28N4O3. The second kappa shape index (κ2) is 9.10. The Labute approximate surface area is 193 Å². The van der Waals surface area contributed by atoms with Crippen molar-refractivity contribution < 1.29 is 14.3 Å². The number of carbonyl (C=O) groups is 2. The van der Waals surface area contributed by atoms with Crippen molar-refractivity contribution in [1.82, 2.24) is 9.88 Å². The van der Waals surface area contributed by atoms with E-state index in [1.807, 2.05) is 53.4 Å². The van der Waals surface area contributed by atoms with Gasteiger partial charge < -0.3 is 19.9 Å². The van der Waals surface area contributed by atoms with Crippen molar-refractivity contribution in [1.29, 1.82) is 0 Å². The van der Waals surface area contributed by atoms with Crippen LogP contribution in [0.25, 0.3) is 10.9 Å². The largest absolute Gasteiger partial charge is 0.496 e. The van der Waals surface area contributed by atoms with Gasteiger partial charge in [0.2, 0.25) is 5.91 Å². The fourth-order valence-electron chi connectivity index (χ4n) is 4.42. The molecule has 0 bridgehead atoms. The first-order valence-electron chi connectivity index (χ1n) is 11.5. The number of anilines is 2. The van der Waals surface area contributed by atoms with E-state index in [9.17, 15) is 9.59 Å². The number of fused-ring (bicyclic) bond motifs is 1. The second-order valence-electron chi connectivity index (χ2n) is 8.67. The number of methoxy groups -OCH3 is 1. The van der Waals surface area contributed by atoms with E-state index >= 15 is 0 Å². The SMILES string of the molecule is COc1cc(C(=O)N2CCN(c3ccc(NC(=O)C4CCC4)cc3)CC2)nc2ccccc12. The summed E-state index contributed by atoms with van der Waals surface area (Å²) in [5.41, 5.74) is 3.09. The van der Waals surface area contributed by atoms with E-state index in [0.717, 1.165) is 54.6 Å². The van der Waals surface area contributed by atoms with E-state index in [2.05, 4.69) is 15.2 Å². The molecule has 2 fully saturated rings. The van der Waals surface area contributed by atoms with Crippen LogP contribution in [0.4, 0.5) is 11.4 Å². The summed E-state index contributed by atoms with van der Waals surface area (Å²) in [7, 11) is 1.61. The van der Waals surface area contributed by atoms with Crippen LogP contribution >= 0.6 is 0 Å². The average molecular weight is 445 g/mol. The van der Waals surface area contributed by atoms with Crippen molar-refractivity contribution in [3.63, 3.8) is 0 Å². The highest BCUT2D eigenvalue weighted by atomic mass is 16.5. The molecule has 0 atom stereocenters. The number of rotatable bonds is 5. The maximum absolute atomic E-state index is 13.1. The average Bonchev–Trinajstić information content (AvgIpc) is 2.82. The number of ether oxygens (including phenoxy) is 1. The van der Waals surface area contributed by atoms with Crippen molar-refractivity contribution in [2.45, 2.75) is 19.3 Å². The number of benzene rings is 2. The van der Waals surface area contributed by atoms with E-state index < -0.39 is 0 Å². The topological polar surface area (TPSA) is 74.8 Å². The van der Waals surface area contributed by atoms with Crippen molar-refractivity contribution in [3.8, 4) is 5.75 Å². The number of nitrogens with zero attached hydrogens (tertiary/aromatic N) is 3. The highest BCUT2D eigenvalue weighted by molar-refractivity contribution is 5.97. The fraction of sp³-hybridized carbons (Fsp3) is 0.346. The quantitative estimate of drug-likeness (QED) is 0.645. The Balaban J connectivity index is 1.21. The van der Waals surface area contributed by atoms with Crippen LogP contribution in [0, 0.1) is 5.92 Å². The molecule has 0 spiro atoms. The van der Waals surface area contributed by atoms with Crippen molar-refractivity contribution in [3.05, 3.63) is 60.3 Å². The van der Waals surface area contributed by atoms with Crippen LogP contribution in [0.5, 0.6) is 5.75 Å². The number of hydrogen-bond acceptors (Lipinski definition) is 5. The highest BCUT2D eigenvalue weighted by Gasteiger charge is 2.26. The molecule has 1 aliphatic carbocycles. The maximum Gasteiger partial charge on any atom is 0.272 e. The number of carbonyl (C=O) groups excluding carboxylic acids is 2. The second-order valence-corrected chi connectivity index (χ2v) is 8.67. The molecule has 2 heterocycles. The molecule has 2 amide bonds. The van der Waals surface area contributed by atoms with Gasteiger partial charge in [-0.15, -0.1) is 0 Å². The predicted molar refractivity (Wildman–Crippen MR) is 129 cm³/mol. The molecule has 1 aliphatic heterocycles. The molecule has 170 valence electrons. The molecule has 33 heavy (non-hydrogen) atoms. The Hall–Kier alpha value is -3.61. The maximum atomic E-state index is 13.1. The molecule has 1 aromatic heterocycles. The van der Waals surface area contributed by atoms with Gasteiger partial charge in [0.25, 0.3) is 5.91 Å². The van der Waals surface area contributed by atoms with Crippen molar-refractivity contribution in [2.24, 2.45) is 5.92 Å². The van der Waals surface area contributed by atoms with Gasteiger partial charge in [0.05, 0.1) is 12.6 Å². The normalized spacial score (nSPS) is 16.4. The standard InChI is InChI=1S/C26H28N4O3/c1-33-24-17-23(28-22-8-3-2-7-21(22)24)26(32)30-15-13-29(14-16-30)20-11-9-19(10-12-20)27-25(31)18-5-4-6-18/h2-3,7-12,17-18H,4-6,13-16H2,1H3,(H,27,31). The van der Waals surface area contributed by atoms with Crippen LogP contribution in [0.1, 0.15) is 29.8 Å². The van der Waals surface area contributed by atoms with E-state index in [1.165, 1.54) is 0 Å². The van der Waals surface area contributed by atoms with Gasteiger partial charge in [-0.1, -0.05) is 18.6 Å². The number of aromatic nitrogens is 1. The Morgan fingerprint density at radius 3 is 2.39 bits per heavy atom. The van der Waals surface area contributed by atoms with Crippen LogP contribution < -0.4 is 15.0 Å². The van der Waals surface area contributed by atoms with Crippen LogP contribution in [0.3, 0.4) is 0 Å². The Morgan fingerprint density at radius 1 is 1.00 bits per heavy atom. The fourth-order valence-corrected chi connectivity index (χ4v) is 4.42. The van der Waals surface area contributed by atoms with Gasteiger partial charge in [0, 0.05) is 54.9 Å². The minimum absolute atomic E-state index is 0.0762. The lowest BCUT2D eigenvalue weighted by Crippen LogP contribution is -2.49.